The van der Waals surface area contributed by atoms with Crippen LogP contribution in [-0.2, 0) is 0 Å². The number of carbonyl (C=O) groups is 1. The number of hydrogen-bond acceptors (Lipinski definition) is 2. The summed E-state index contributed by atoms with van der Waals surface area (Å²) in [5, 5.41) is 9.45. The van der Waals surface area contributed by atoms with Crippen molar-refractivity contribution in [3.63, 3.8) is 0 Å². The quantitative estimate of drug-likeness (QED) is 0.639. The molecule has 2 aromatic rings. The molecule has 0 unspecified atom stereocenters. The van der Waals surface area contributed by atoms with Gasteiger partial charge < -0.3 is 5.11 Å². The van der Waals surface area contributed by atoms with E-state index in [1.165, 1.54) is 12.4 Å². The summed E-state index contributed by atoms with van der Waals surface area (Å²) in [6.07, 6.45) is 3.66. The first-order chi connectivity index (χ1) is 5.77. The van der Waals surface area contributed by atoms with Gasteiger partial charge in [-0.2, -0.15) is 0 Å². The fourth-order valence-electron chi connectivity index (χ4n) is 1.08. The molecule has 0 aromatic carbocycles. The summed E-state index contributed by atoms with van der Waals surface area (Å²) in [7, 11) is 0. The Kier molecular flexibility index (Phi) is 1.33. The second-order valence-corrected chi connectivity index (χ2v) is 2.43. The summed E-state index contributed by atoms with van der Waals surface area (Å²) in [4.78, 5) is 14.5. The zero-order chi connectivity index (χ0) is 8.55. The average Bonchev–Trinajstić information content (AvgIpc) is 2.46. The Morgan fingerprint density at radius 2 is 2.33 bits per heavy atom. The Morgan fingerprint density at radius 1 is 1.50 bits per heavy atom. The van der Waals surface area contributed by atoms with Gasteiger partial charge in [0.05, 0.1) is 5.52 Å². The predicted molar refractivity (Wildman–Crippen MR) is 43.2 cm³/mol. The molecule has 0 bridgehead atoms. The second kappa shape index (κ2) is 2.34. The van der Waals surface area contributed by atoms with E-state index in [-0.39, 0.29) is 0 Å². The molecule has 0 atom stereocenters. The lowest BCUT2D eigenvalue weighted by Gasteiger charge is -1.87. The van der Waals surface area contributed by atoms with E-state index in [0.29, 0.717) is 5.52 Å². The maximum Gasteiger partial charge on any atom is 0.415 e. The molecule has 0 saturated carbocycles. The van der Waals surface area contributed by atoms with Gasteiger partial charge in [-0.1, -0.05) is 0 Å². The molecule has 0 aliphatic carbocycles. The van der Waals surface area contributed by atoms with Crippen molar-refractivity contribution in [2.24, 2.45) is 0 Å². The molecular weight excluding hydrogens is 156 g/mol. The number of rotatable bonds is 0. The maximum absolute atomic E-state index is 10.5. The van der Waals surface area contributed by atoms with Crippen molar-refractivity contribution >= 4 is 17.0 Å². The molecule has 2 rings (SSSR count). The van der Waals surface area contributed by atoms with E-state index in [4.69, 9.17) is 5.11 Å². The van der Waals surface area contributed by atoms with Crippen LogP contribution in [0.2, 0.25) is 0 Å². The number of fused-ring (bicyclic) bond motifs is 1. The molecule has 0 radical (unpaired) electrons. The molecule has 4 heteroatoms. The summed E-state index contributed by atoms with van der Waals surface area (Å²) in [6, 6.07) is 3.59. The predicted octanol–water partition coefficient (Wildman–Crippen LogP) is 1.56. The number of nitrogens with zero attached hydrogens (tertiary/aromatic N) is 2. The number of hydrogen-bond donors (Lipinski definition) is 1. The van der Waals surface area contributed by atoms with Crippen LogP contribution < -0.4 is 0 Å². The second-order valence-electron chi connectivity index (χ2n) is 2.43. The molecule has 1 N–H and O–H groups in total. The Hall–Kier alpha value is -1.84. The Labute approximate surface area is 68.1 Å². The summed E-state index contributed by atoms with van der Waals surface area (Å²) in [5.74, 6) is 0. The topological polar surface area (TPSA) is 55.1 Å². The van der Waals surface area contributed by atoms with E-state index in [1.807, 2.05) is 6.07 Å². The largest absolute Gasteiger partial charge is 0.464 e. The number of aromatic nitrogens is 2. The third-order valence-corrected chi connectivity index (χ3v) is 1.63. The van der Waals surface area contributed by atoms with E-state index in [0.717, 1.165) is 9.95 Å². The van der Waals surface area contributed by atoms with Crippen LogP contribution in [0, 0.1) is 0 Å². The Bertz CT molecular complexity index is 400. The minimum Gasteiger partial charge on any atom is -0.464 e. The lowest BCUT2D eigenvalue weighted by Crippen LogP contribution is -2.03. The zero-order valence-corrected chi connectivity index (χ0v) is 6.14. The van der Waals surface area contributed by atoms with Crippen LogP contribution in [0.1, 0.15) is 0 Å². The molecule has 4 nitrogen and oxygen atoms in total. The third kappa shape index (κ3) is 0.934. The van der Waals surface area contributed by atoms with Gasteiger partial charge in [0, 0.05) is 24.0 Å². The van der Waals surface area contributed by atoms with Gasteiger partial charge in [-0.05, 0) is 12.1 Å². The minimum absolute atomic E-state index is 0.694. The normalized spacial score (nSPS) is 10.3. The summed E-state index contributed by atoms with van der Waals surface area (Å²) >= 11 is 0. The molecule has 0 aliphatic rings. The molecule has 12 heavy (non-hydrogen) atoms. The van der Waals surface area contributed by atoms with E-state index < -0.39 is 6.09 Å². The van der Waals surface area contributed by atoms with Gasteiger partial charge >= 0.3 is 6.09 Å². The lowest BCUT2D eigenvalue weighted by molar-refractivity contribution is 0.196. The monoisotopic (exact) mass is 162 g/mol. The van der Waals surface area contributed by atoms with Crippen LogP contribution >= 0.6 is 0 Å². The van der Waals surface area contributed by atoms with Gasteiger partial charge in [-0.3, -0.25) is 9.55 Å². The zero-order valence-electron chi connectivity index (χ0n) is 6.14. The highest BCUT2D eigenvalue weighted by Crippen LogP contribution is 2.10. The average molecular weight is 162 g/mol. The summed E-state index contributed by atoms with van der Waals surface area (Å²) < 4.78 is 1.09. The number of pyridine rings is 1. The number of carboxylic acid groups (broad SMARTS) is 1. The molecule has 60 valence electrons. The van der Waals surface area contributed by atoms with Crippen molar-refractivity contribution < 1.29 is 9.90 Å². The molecular formula is C8H6N2O2. The van der Waals surface area contributed by atoms with Gasteiger partial charge in [0.15, 0.2) is 0 Å². The molecule has 0 aliphatic heterocycles. The van der Waals surface area contributed by atoms with Crippen molar-refractivity contribution in [1.29, 1.82) is 0 Å². The molecule has 2 aromatic heterocycles. The van der Waals surface area contributed by atoms with E-state index in [1.54, 1.807) is 12.3 Å². The summed E-state index contributed by atoms with van der Waals surface area (Å²) in [5.41, 5.74) is 0.694. The Balaban J connectivity index is 2.70. The van der Waals surface area contributed by atoms with Crippen LogP contribution in [0.5, 0.6) is 0 Å². The van der Waals surface area contributed by atoms with Crippen LogP contribution in [0.25, 0.3) is 10.9 Å². The Morgan fingerprint density at radius 3 is 3.00 bits per heavy atom. The fourth-order valence-corrected chi connectivity index (χ4v) is 1.08. The van der Waals surface area contributed by atoms with Gasteiger partial charge in [-0.15, -0.1) is 0 Å². The molecule has 2 heterocycles. The first-order valence-electron chi connectivity index (χ1n) is 3.43. The highest BCUT2D eigenvalue weighted by Gasteiger charge is 2.02. The van der Waals surface area contributed by atoms with Crippen molar-refractivity contribution in [2.75, 3.05) is 0 Å². The first-order valence-corrected chi connectivity index (χ1v) is 3.43. The SMILES string of the molecule is O=C(O)n1cc2cccnc2c1. The van der Waals surface area contributed by atoms with Crippen molar-refractivity contribution in [3.05, 3.63) is 30.7 Å². The standard InChI is InChI=1S/C8H6N2O2/c11-8(12)10-4-6-2-1-3-9-7(6)5-10/h1-5H,(H,11,12). The fraction of sp³-hybridized carbons (Fsp3) is 0. The van der Waals surface area contributed by atoms with Crippen molar-refractivity contribution in [3.8, 4) is 0 Å². The molecule has 0 amide bonds. The summed E-state index contributed by atoms with van der Waals surface area (Å²) in [6.45, 7) is 0. The van der Waals surface area contributed by atoms with Crippen LogP contribution in [0.15, 0.2) is 30.7 Å². The highest BCUT2D eigenvalue weighted by atomic mass is 16.4. The molecule has 0 saturated heterocycles. The molecule has 0 fully saturated rings. The smallest absolute Gasteiger partial charge is 0.415 e. The van der Waals surface area contributed by atoms with Crippen LogP contribution in [-0.4, -0.2) is 20.8 Å². The van der Waals surface area contributed by atoms with E-state index in [2.05, 4.69) is 4.98 Å². The van der Waals surface area contributed by atoms with Crippen LogP contribution in [0.3, 0.4) is 0 Å². The van der Waals surface area contributed by atoms with E-state index >= 15 is 0 Å². The third-order valence-electron chi connectivity index (χ3n) is 1.63. The lowest BCUT2D eigenvalue weighted by atomic mass is 10.3. The minimum atomic E-state index is -0.993. The molecule has 0 spiro atoms. The van der Waals surface area contributed by atoms with Crippen molar-refractivity contribution in [1.82, 2.24) is 9.55 Å². The van der Waals surface area contributed by atoms with Crippen molar-refractivity contribution in [2.45, 2.75) is 0 Å². The van der Waals surface area contributed by atoms with Gasteiger partial charge in [0.1, 0.15) is 0 Å². The van der Waals surface area contributed by atoms with E-state index in [9.17, 15) is 4.79 Å². The highest BCUT2D eigenvalue weighted by molar-refractivity contribution is 5.83. The first kappa shape index (κ1) is 6.84. The van der Waals surface area contributed by atoms with Crippen LogP contribution in [0.4, 0.5) is 4.79 Å². The van der Waals surface area contributed by atoms with Gasteiger partial charge in [0.2, 0.25) is 0 Å². The van der Waals surface area contributed by atoms with Gasteiger partial charge in [0.25, 0.3) is 0 Å². The van der Waals surface area contributed by atoms with Gasteiger partial charge in [-0.25, -0.2) is 4.79 Å². The maximum atomic E-state index is 10.5.